The van der Waals surface area contributed by atoms with Gasteiger partial charge in [-0.15, -0.1) is 0 Å². The molecule has 2 rings (SSSR count). The second-order valence-electron chi connectivity index (χ2n) is 6.86. The van der Waals surface area contributed by atoms with E-state index in [1.54, 1.807) is 31.2 Å². The number of Topliss-reactive ketones (excluding diaryl/α,β-unsaturated/α-hetero) is 2. The van der Waals surface area contributed by atoms with Gasteiger partial charge >= 0.3 is 5.97 Å². The lowest BCUT2D eigenvalue weighted by Gasteiger charge is -2.18. The molecule has 0 bridgehead atoms. The summed E-state index contributed by atoms with van der Waals surface area (Å²) in [5, 5.41) is 10.8. The van der Waals surface area contributed by atoms with Gasteiger partial charge in [0.1, 0.15) is 11.5 Å². The van der Waals surface area contributed by atoms with E-state index < -0.39 is 28.8 Å². The summed E-state index contributed by atoms with van der Waals surface area (Å²) in [4.78, 5) is 47.1. The van der Waals surface area contributed by atoms with E-state index in [1.807, 2.05) is 0 Å². The SMILES string of the molecule is COc1ccc(C(=O)[C@H](C)OC(=O)C[C@@H]2C(=O)C[C@@H](C)[C@H]2C[N+](=O)[O-])cc1. The van der Waals surface area contributed by atoms with E-state index in [0.717, 1.165) is 0 Å². The molecule has 27 heavy (non-hydrogen) atoms. The maximum Gasteiger partial charge on any atom is 0.307 e. The molecular formula is C19H23NO7. The zero-order valence-electron chi connectivity index (χ0n) is 15.5. The monoisotopic (exact) mass is 377 g/mol. The Morgan fingerprint density at radius 2 is 1.93 bits per heavy atom. The summed E-state index contributed by atoms with van der Waals surface area (Å²) in [6.07, 6.45) is -1.05. The minimum absolute atomic E-state index is 0.154. The van der Waals surface area contributed by atoms with E-state index in [4.69, 9.17) is 9.47 Å². The first-order valence-corrected chi connectivity index (χ1v) is 8.75. The summed E-state index contributed by atoms with van der Waals surface area (Å²) in [6, 6.07) is 6.40. The molecule has 8 nitrogen and oxygen atoms in total. The van der Waals surface area contributed by atoms with Crippen LogP contribution in [0.15, 0.2) is 24.3 Å². The fourth-order valence-electron chi connectivity index (χ4n) is 3.47. The summed E-state index contributed by atoms with van der Waals surface area (Å²) < 4.78 is 10.2. The molecule has 0 amide bonds. The molecule has 0 radical (unpaired) electrons. The second-order valence-corrected chi connectivity index (χ2v) is 6.86. The molecule has 0 saturated heterocycles. The van der Waals surface area contributed by atoms with Gasteiger partial charge in [0.05, 0.1) is 13.5 Å². The van der Waals surface area contributed by atoms with E-state index in [1.165, 1.54) is 14.0 Å². The van der Waals surface area contributed by atoms with Gasteiger partial charge < -0.3 is 9.47 Å². The average molecular weight is 377 g/mol. The van der Waals surface area contributed by atoms with Crippen LogP contribution in [-0.2, 0) is 14.3 Å². The summed E-state index contributed by atoms with van der Waals surface area (Å²) in [7, 11) is 1.51. The summed E-state index contributed by atoms with van der Waals surface area (Å²) in [6.45, 7) is 2.87. The quantitative estimate of drug-likeness (QED) is 0.296. The van der Waals surface area contributed by atoms with Crippen molar-refractivity contribution in [1.29, 1.82) is 0 Å². The van der Waals surface area contributed by atoms with Crippen molar-refractivity contribution in [2.45, 2.75) is 32.8 Å². The van der Waals surface area contributed by atoms with Crippen LogP contribution in [0.4, 0.5) is 0 Å². The molecule has 8 heteroatoms. The number of esters is 1. The molecule has 1 aliphatic rings. The third-order valence-corrected chi connectivity index (χ3v) is 4.98. The van der Waals surface area contributed by atoms with Gasteiger partial charge in [0.2, 0.25) is 12.3 Å². The van der Waals surface area contributed by atoms with E-state index in [9.17, 15) is 24.5 Å². The molecule has 1 fully saturated rings. The van der Waals surface area contributed by atoms with Gasteiger partial charge in [-0.2, -0.15) is 0 Å². The number of hydrogen-bond acceptors (Lipinski definition) is 7. The number of carbonyl (C=O) groups is 3. The zero-order valence-corrected chi connectivity index (χ0v) is 15.5. The number of benzene rings is 1. The van der Waals surface area contributed by atoms with Crippen molar-refractivity contribution in [2.24, 2.45) is 17.8 Å². The lowest BCUT2D eigenvalue weighted by Crippen LogP contribution is -2.30. The lowest BCUT2D eigenvalue weighted by molar-refractivity contribution is -0.490. The van der Waals surface area contributed by atoms with Gasteiger partial charge in [-0.25, -0.2) is 0 Å². The molecule has 4 atom stereocenters. The van der Waals surface area contributed by atoms with Crippen molar-refractivity contribution in [3.05, 3.63) is 39.9 Å². The van der Waals surface area contributed by atoms with Crippen molar-refractivity contribution < 1.29 is 28.8 Å². The number of ketones is 2. The largest absolute Gasteiger partial charge is 0.497 e. The van der Waals surface area contributed by atoms with Gasteiger partial charge in [-0.1, -0.05) is 6.92 Å². The van der Waals surface area contributed by atoms with Crippen LogP contribution in [0.25, 0.3) is 0 Å². The molecule has 0 aliphatic heterocycles. The first kappa shape index (κ1) is 20.5. The lowest BCUT2D eigenvalue weighted by atomic mass is 9.88. The molecule has 1 aromatic carbocycles. The predicted molar refractivity (Wildman–Crippen MR) is 95.1 cm³/mol. The molecule has 1 aliphatic carbocycles. The predicted octanol–water partition coefficient (Wildman–Crippen LogP) is 2.32. The number of ether oxygens (including phenoxy) is 2. The van der Waals surface area contributed by atoms with E-state index in [0.29, 0.717) is 11.3 Å². The first-order chi connectivity index (χ1) is 12.7. The van der Waals surface area contributed by atoms with Gasteiger partial charge in [0.25, 0.3) is 0 Å². The van der Waals surface area contributed by atoms with Crippen LogP contribution in [0.5, 0.6) is 5.75 Å². The minimum Gasteiger partial charge on any atom is -0.497 e. The van der Waals surface area contributed by atoms with Crippen LogP contribution in [0.2, 0.25) is 0 Å². The Kier molecular flexibility index (Phi) is 6.65. The smallest absolute Gasteiger partial charge is 0.307 e. The standard InChI is InChI=1S/C19H23NO7/c1-11-8-17(21)15(16(11)10-20(24)25)9-18(22)27-12(2)19(23)13-4-6-14(26-3)7-5-13/h4-7,11-12,15-16H,8-10H2,1-3H3/t11-,12+,15+,16-/m1/s1. The van der Waals surface area contributed by atoms with Gasteiger partial charge in [-0.3, -0.25) is 24.5 Å². The third kappa shape index (κ3) is 5.12. The van der Waals surface area contributed by atoms with E-state index in [2.05, 4.69) is 0 Å². The molecule has 146 valence electrons. The van der Waals surface area contributed by atoms with Crippen LogP contribution in [0.3, 0.4) is 0 Å². The Labute approximate surface area is 157 Å². The van der Waals surface area contributed by atoms with Crippen LogP contribution in [-0.4, -0.2) is 42.2 Å². The highest BCUT2D eigenvalue weighted by Gasteiger charge is 2.44. The first-order valence-electron chi connectivity index (χ1n) is 8.75. The molecule has 0 unspecified atom stereocenters. The van der Waals surface area contributed by atoms with Gasteiger partial charge in [-0.05, 0) is 37.1 Å². The van der Waals surface area contributed by atoms with E-state index in [-0.39, 0.29) is 36.9 Å². The number of methoxy groups -OCH3 is 1. The Balaban J connectivity index is 1.97. The van der Waals surface area contributed by atoms with E-state index >= 15 is 0 Å². The average Bonchev–Trinajstić information content (AvgIpc) is 2.87. The molecule has 0 N–H and O–H groups in total. The van der Waals surface area contributed by atoms with Gasteiger partial charge in [0, 0.05) is 28.7 Å². The summed E-state index contributed by atoms with van der Waals surface area (Å²) in [5.74, 6) is -2.03. The third-order valence-electron chi connectivity index (χ3n) is 4.98. The maximum absolute atomic E-state index is 12.4. The molecule has 0 aromatic heterocycles. The van der Waals surface area contributed by atoms with Gasteiger partial charge in [0.15, 0.2) is 6.10 Å². The topological polar surface area (TPSA) is 113 Å². The number of hydrogen-bond donors (Lipinski definition) is 0. The number of carbonyl (C=O) groups excluding carboxylic acids is 3. The van der Waals surface area contributed by atoms with Crippen LogP contribution in [0, 0.1) is 27.9 Å². The Morgan fingerprint density at radius 1 is 1.30 bits per heavy atom. The van der Waals surface area contributed by atoms with Crippen LogP contribution in [0.1, 0.15) is 37.0 Å². The van der Waals surface area contributed by atoms with Crippen molar-refractivity contribution in [3.8, 4) is 5.75 Å². The molecule has 0 heterocycles. The zero-order chi connectivity index (χ0) is 20.1. The highest BCUT2D eigenvalue weighted by molar-refractivity contribution is 6.00. The number of nitrogens with zero attached hydrogens (tertiary/aromatic N) is 1. The number of nitro groups is 1. The van der Waals surface area contributed by atoms with Crippen molar-refractivity contribution in [3.63, 3.8) is 0 Å². The normalized spacial score (nSPS) is 22.9. The Bertz CT molecular complexity index is 728. The Hall–Kier alpha value is -2.77. The van der Waals surface area contributed by atoms with Crippen molar-refractivity contribution in [1.82, 2.24) is 0 Å². The Morgan fingerprint density at radius 3 is 2.48 bits per heavy atom. The molecular weight excluding hydrogens is 354 g/mol. The fourth-order valence-corrected chi connectivity index (χ4v) is 3.47. The van der Waals surface area contributed by atoms with Crippen molar-refractivity contribution >= 4 is 17.5 Å². The molecule has 1 saturated carbocycles. The number of rotatable bonds is 8. The highest BCUT2D eigenvalue weighted by Crippen LogP contribution is 2.36. The molecule has 0 spiro atoms. The summed E-state index contributed by atoms with van der Waals surface area (Å²) >= 11 is 0. The fraction of sp³-hybridized carbons (Fsp3) is 0.526. The van der Waals surface area contributed by atoms with Crippen LogP contribution < -0.4 is 4.74 Å². The molecule has 1 aromatic rings. The van der Waals surface area contributed by atoms with Crippen molar-refractivity contribution in [2.75, 3.05) is 13.7 Å². The second kappa shape index (κ2) is 8.75. The van der Waals surface area contributed by atoms with Crippen LogP contribution >= 0.6 is 0 Å². The highest BCUT2D eigenvalue weighted by atomic mass is 16.6. The minimum atomic E-state index is -1.02. The maximum atomic E-state index is 12.4. The summed E-state index contributed by atoms with van der Waals surface area (Å²) in [5.41, 5.74) is 0.368.